The summed E-state index contributed by atoms with van der Waals surface area (Å²) in [5.74, 6) is -1.37. The van der Waals surface area contributed by atoms with Crippen LogP contribution in [0.5, 0.6) is 5.75 Å². The number of hydrogen-bond donors (Lipinski definition) is 4. The first kappa shape index (κ1) is 18.7. The third-order valence-electron chi connectivity index (χ3n) is 4.13. The summed E-state index contributed by atoms with van der Waals surface area (Å²) in [6.07, 6.45) is 0. The van der Waals surface area contributed by atoms with E-state index < -0.39 is 11.3 Å². The predicted octanol–water partition coefficient (Wildman–Crippen LogP) is 4.95. The van der Waals surface area contributed by atoms with Gasteiger partial charge in [0, 0.05) is 26.5 Å². The van der Waals surface area contributed by atoms with Crippen molar-refractivity contribution in [1.82, 2.24) is 0 Å². The molecule has 0 spiro atoms. The number of carboxylic acids is 1. The number of thiophene rings is 1. The molecule has 4 N–H and O–H groups in total. The van der Waals surface area contributed by atoms with Crippen molar-refractivity contribution < 1.29 is 19.8 Å². The summed E-state index contributed by atoms with van der Waals surface area (Å²) in [7, 11) is 0. The van der Waals surface area contributed by atoms with E-state index in [9.17, 15) is 19.8 Å². The molecule has 2 heterocycles. The lowest BCUT2D eigenvalue weighted by Crippen LogP contribution is -2.29. The zero-order chi connectivity index (χ0) is 19.8. The van der Waals surface area contributed by atoms with Gasteiger partial charge in [0.2, 0.25) is 0 Å². The molecule has 0 saturated heterocycles. The first-order valence-corrected chi connectivity index (χ1v) is 10.2. The minimum Gasteiger partial charge on any atom is -0.508 e. The van der Waals surface area contributed by atoms with E-state index in [4.69, 9.17) is 11.6 Å². The monoisotopic (exact) mass is 432 g/mol. The Morgan fingerprint density at radius 2 is 1.89 bits per heavy atom. The fourth-order valence-electron chi connectivity index (χ4n) is 2.83. The molecule has 28 heavy (non-hydrogen) atoms. The second-order valence-electron chi connectivity index (χ2n) is 5.98. The van der Waals surface area contributed by atoms with Crippen molar-refractivity contribution in [2.45, 2.75) is 10.3 Å². The number of carboxylic acid groups (broad SMARTS) is 1. The molecule has 3 aromatic rings. The molecule has 1 amide bonds. The highest BCUT2D eigenvalue weighted by molar-refractivity contribution is 8.01. The Morgan fingerprint density at radius 1 is 1.14 bits per heavy atom. The molecule has 0 saturated carbocycles. The van der Waals surface area contributed by atoms with Crippen LogP contribution in [0, 0.1) is 0 Å². The maximum atomic E-state index is 12.7. The van der Waals surface area contributed by atoms with Gasteiger partial charge < -0.3 is 20.8 Å². The molecule has 4 rings (SSSR count). The smallest absolute Gasteiger partial charge is 0.339 e. The fourth-order valence-corrected chi connectivity index (χ4v) is 4.96. The van der Waals surface area contributed by atoms with Crippen LogP contribution in [-0.4, -0.2) is 27.5 Å². The molecule has 0 radical (unpaired) electrons. The summed E-state index contributed by atoms with van der Waals surface area (Å²) in [5, 5.41) is 26.9. The topological polar surface area (TPSA) is 98.7 Å². The van der Waals surface area contributed by atoms with E-state index in [0.29, 0.717) is 16.1 Å². The zero-order valence-electron chi connectivity index (χ0n) is 14.1. The molecule has 1 aliphatic rings. The van der Waals surface area contributed by atoms with Gasteiger partial charge in [-0.3, -0.25) is 4.79 Å². The van der Waals surface area contributed by atoms with E-state index in [1.807, 2.05) is 0 Å². The molecule has 0 fully saturated rings. The van der Waals surface area contributed by atoms with Crippen molar-refractivity contribution >= 4 is 57.3 Å². The number of carbonyl (C=O) groups is 2. The summed E-state index contributed by atoms with van der Waals surface area (Å²) >= 11 is 8.31. The maximum absolute atomic E-state index is 12.7. The van der Waals surface area contributed by atoms with Crippen molar-refractivity contribution in [3.63, 3.8) is 0 Å². The number of fused-ring (bicyclic) bond motifs is 1. The van der Waals surface area contributed by atoms with Crippen molar-refractivity contribution in [3.05, 3.63) is 58.4 Å². The van der Waals surface area contributed by atoms with Gasteiger partial charge in [-0.05, 0) is 35.9 Å². The number of phenols is 1. The number of rotatable bonds is 4. The number of aromatic hydroxyl groups is 1. The van der Waals surface area contributed by atoms with Crippen LogP contribution in [0.25, 0.3) is 11.1 Å². The zero-order valence-corrected chi connectivity index (χ0v) is 16.5. The van der Waals surface area contributed by atoms with Gasteiger partial charge in [0.1, 0.15) is 16.3 Å². The van der Waals surface area contributed by atoms with Crippen molar-refractivity contribution in [1.29, 1.82) is 0 Å². The van der Waals surface area contributed by atoms with Gasteiger partial charge in [-0.25, -0.2) is 4.79 Å². The average molecular weight is 433 g/mol. The van der Waals surface area contributed by atoms with Crippen LogP contribution in [-0.2, 0) is 4.79 Å². The number of hydrogen-bond acceptors (Lipinski definition) is 6. The largest absolute Gasteiger partial charge is 0.508 e. The number of amides is 1. The molecule has 6 nitrogen and oxygen atoms in total. The van der Waals surface area contributed by atoms with E-state index in [1.54, 1.807) is 41.8 Å². The van der Waals surface area contributed by atoms with E-state index in [0.717, 1.165) is 21.9 Å². The lowest BCUT2D eigenvalue weighted by molar-refractivity contribution is -0.115. The first-order chi connectivity index (χ1) is 13.4. The number of benzene rings is 2. The van der Waals surface area contributed by atoms with Crippen molar-refractivity contribution in [2.75, 3.05) is 10.6 Å². The molecule has 2 aromatic carbocycles. The van der Waals surface area contributed by atoms with Crippen LogP contribution in [0.4, 0.5) is 10.7 Å². The third kappa shape index (κ3) is 3.54. The molecule has 1 aromatic heterocycles. The Labute approximate surface area is 173 Å². The summed E-state index contributed by atoms with van der Waals surface area (Å²) in [6.45, 7) is 0. The second-order valence-corrected chi connectivity index (χ2v) is 8.44. The molecule has 0 bridgehead atoms. The highest BCUT2D eigenvalue weighted by atomic mass is 35.5. The van der Waals surface area contributed by atoms with Gasteiger partial charge in [0.05, 0.1) is 0 Å². The minimum absolute atomic E-state index is 0.0406. The fraction of sp³-hybridized carbons (Fsp3) is 0.0526. The van der Waals surface area contributed by atoms with Crippen LogP contribution in [0.3, 0.4) is 0 Å². The lowest BCUT2D eigenvalue weighted by atomic mass is 10.0. The predicted molar refractivity (Wildman–Crippen MR) is 112 cm³/mol. The van der Waals surface area contributed by atoms with E-state index in [-0.39, 0.29) is 22.2 Å². The van der Waals surface area contributed by atoms with Crippen molar-refractivity contribution in [2.24, 2.45) is 0 Å². The Morgan fingerprint density at radius 3 is 2.61 bits per heavy atom. The number of anilines is 2. The van der Waals surface area contributed by atoms with E-state index in [1.165, 1.54) is 17.8 Å². The van der Waals surface area contributed by atoms with Crippen molar-refractivity contribution in [3.8, 4) is 16.9 Å². The standard InChI is InChI=1S/C19H13ClN2O4S2/c20-10-3-1-9(2-4-10)12-8-27-17(15(12)19(25)26)22-16(24)18-21-13-6-5-11(23)7-14(13)28-18/h1-8,18,21,23H,(H,22,24)(H,25,26). The average Bonchev–Trinajstić information content (AvgIpc) is 3.26. The summed E-state index contributed by atoms with van der Waals surface area (Å²) in [6, 6.07) is 11.6. The van der Waals surface area contributed by atoms with Crippen LogP contribution in [0.1, 0.15) is 10.4 Å². The highest BCUT2D eigenvalue weighted by Crippen LogP contribution is 2.41. The Balaban J connectivity index is 1.58. The van der Waals surface area contributed by atoms with E-state index in [2.05, 4.69) is 10.6 Å². The quantitative estimate of drug-likeness (QED) is 0.435. The molecule has 1 aliphatic heterocycles. The molecule has 1 unspecified atom stereocenters. The van der Waals surface area contributed by atoms with E-state index >= 15 is 0 Å². The SMILES string of the molecule is O=C(O)c1c(-c2ccc(Cl)cc2)csc1NC(=O)C1Nc2ccc(O)cc2S1. The van der Waals surface area contributed by atoms with Crippen LogP contribution < -0.4 is 10.6 Å². The molecular formula is C19H13ClN2O4S2. The number of phenolic OH excluding ortho intramolecular Hbond substituents is 1. The first-order valence-electron chi connectivity index (χ1n) is 8.10. The molecule has 142 valence electrons. The summed E-state index contributed by atoms with van der Waals surface area (Å²) < 4.78 is 0. The van der Waals surface area contributed by atoms with Gasteiger partial charge in [-0.1, -0.05) is 35.5 Å². The lowest BCUT2D eigenvalue weighted by Gasteiger charge is -2.11. The van der Waals surface area contributed by atoms with Crippen LogP contribution in [0.2, 0.25) is 5.02 Å². The highest BCUT2D eigenvalue weighted by Gasteiger charge is 2.30. The number of carbonyl (C=O) groups excluding carboxylic acids is 1. The normalized spacial score (nSPS) is 15.0. The summed E-state index contributed by atoms with van der Waals surface area (Å²) in [4.78, 5) is 25.3. The Hall–Kier alpha value is -2.68. The van der Waals surface area contributed by atoms with Gasteiger partial charge in [0.15, 0.2) is 5.37 Å². The Kier molecular flexibility index (Phi) is 4.92. The minimum atomic E-state index is -1.12. The molecule has 9 heteroatoms. The number of nitrogens with one attached hydrogen (secondary N) is 2. The van der Waals surface area contributed by atoms with Gasteiger partial charge >= 0.3 is 5.97 Å². The number of aromatic carboxylic acids is 1. The van der Waals surface area contributed by atoms with Crippen LogP contribution >= 0.6 is 34.7 Å². The number of halogens is 1. The summed E-state index contributed by atoms with van der Waals surface area (Å²) in [5.41, 5.74) is 2.01. The Bertz CT molecular complexity index is 1080. The second kappa shape index (κ2) is 7.38. The number of thioether (sulfide) groups is 1. The molecular weight excluding hydrogens is 420 g/mol. The molecule has 1 atom stereocenters. The van der Waals surface area contributed by atoms with Gasteiger partial charge in [0.25, 0.3) is 5.91 Å². The van der Waals surface area contributed by atoms with Gasteiger partial charge in [-0.15, -0.1) is 11.3 Å². The van der Waals surface area contributed by atoms with Crippen LogP contribution in [0.15, 0.2) is 52.7 Å². The maximum Gasteiger partial charge on any atom is 0.339 e. The van der Waals surface area contributed by atoms with Gasteiger partial charge in [-0.2, -0.15) is 0 Å². The third-order valence-corrected chi connectivity index (χ3v) is 6.44. The molecule has 0 aliphatic carbocycles.